The Labute approximate surface area is 166 Å². The average Bonchev–Trinajstić information content (AvgIpc) is 3.43. The number of pyridine rings is 1. The molecule has 0 aliphatic heterocycles. The first kappa shape index (κ1) is 17.2. The van der Waals surface area contributed by atoms with Gasteiger partial charge >= 0.3 is 0 Å². The van der Waals surface area contributed by atoms with Crippen molar-refractivity contribution < 1.29 is 9.84 Å². The van der Waals surface area contributed by atoms with E-state index in [0.717, 1.165) is 22.2 Å². The highest BCUT2D eigenvalue weighted by Gasteiger charge is 2.14. The normalized spacial score (nSPS) is 12.2. The molecule has 0 spiro atoms. The van der Waals surface area contributed by atoms with Crippen molar-refractivity contribution in [2.45, 2.75) is 6.10 Å². The maximum Gasteiger partial charge on any atom is 0.219 e. The lowest BCUT2D eigenvalue weighted by atomic mass is 10.1. The molecule has 0 amide bonds. The predicted molar refractivity (Wildman–Crippen MR) is 111 cm³/mol. The van der Waals surface area contributed by atoms with Crippen molar-refractivity contribution in [1.29, 1.82) is 0 Å². The number of rotatable bonds is 5. The largest absolute Gasteiger partial charge is 0.439 e. The fourth-order valence-electron chi connectivity index (χ4n) is 3.24. The first-order chi connectivity index (χ1) is 14.3. The number of benzene rings is 2. The van der Waals surface area contributed by atoms with Crippen LogP contribution < -0.4 is 4.74 Å². The topological polar surface area (TPSA) is 86.8 Å². The van der Waals surface area contributed by atoms with Crippen molar-refractivity contribution in [2.24, 2.45) is 0 Å². The van der Waals surface area contributed by atoms with E-state index in [9.17, 15) is 5.11 Å². The molecule has 3 N–H and O–H groups in total. The zero-order valence-electron chi connectivity index (χ0n) is 15.4. The molecule has 3 heterocycles. The Balaban J connectivity index is 1.39. The maximum absolute atomic E-state index is 10.6. The summed E-state index contributed by atoms with van der Waals surface area (Å²) in [6.07, 6.45) is 2.75. The molecule has 0 aliphatic carbocycles. The highest BCUT2D eigenvalue weighted by atomic mass is 16.5. The van der Waals surface area contributed by atoms with Gasteiger partial charge < -0.3 is 19.8 Å². The van der Waals surface area contributed by atoms with Crippen LogP contribution in [0.2, 0.25) is 0 Å². The van der Waals surface area contributed by atoms with Crippen LogP contribution in [0.3, 0.4) is 0 Å². The molecule has 0 radical (unpaired) electrons. The van der Waals surface area contributed by atoms with Crippen LogP contribution in [0.5, 0.6) is 11.6 Å². The molecule has 3 aromatic heterocycles. The fraction of sp³-hybridized carbons (Fsp3) is 0.0435. The van der Waals surface area contributed by atoms with E-state index in [2.05, 4.69) is 19.9 Å². The highest BCUT2D eigenvalue weighted by molar-refractivity contribution is 5.75. The molecule has 0 saturated carbocycles. The van der Waals surface area contributed by atoms with Gasteiger partial charge in [0.25, 0.3) is 0 Å². The van der Waals surface area contributed by atoms with Gasteiger partial charge in [0.05, 0.1) is 22.9 Å². The number of imidazole rings is 1. The van der Waals surface area contributed by atoms with Gasteiger partial charge in [0.15, 0.2) is 0 Å². The Morgan fingerprint density at radius 1 is 0.931 bits per heavy atom. The number of aliphatic hydroxyl groups excluding tert-OH is 1. The summed E-state index contributed by atoms with van der Waals surface area (Å²) in [7, 11) is 0. The minimum atomic E-state index is -0.755. The van der Waals surface area contributed by atoms with Crippen molar-refractivity contribution in [1.82, 2.24) is 19.9 Å². The smallest absolute Gasteiger partial charge is 0.219 e. The Hall–Kier alpha value is -3.90. The molecule has 0 aliphatic rings. The van der Waals surface area contributed by atoms with Gasteiger partial charge in [-0.1, -0.05) is 42.5 Å². The molecular formula is C23H18N4O2. The van der Waals surface area contributed by atoms with Crippen LogP contribution in [0.25, 0.3) is 22.4 Å². The number of aliphatic hydroxyl groups is 1. The Kier molecular flexibility index (Phi) is 4.31. The second-order valence-corrected chi connectivity index (χ2v) is 6.69. The SMILES string of the molecule is OC(c1ccccc1)c1cnc(-c2cccc(Oc3ccc4[nH]ccc4n3)c2)[nH]1. The van der Waals surface area contributed by atoms with Gasteiger partial charge in [-0.2, -0.15) is 0 Å². The summed E-state index contributed by atoms with van der Waals surface area (Å²) in [6, 6.07) is 22.7. The number of hydrogen-bond acceptors (Lipinski definition) is 4. The van der Waals surface area contributed by atoms with Crippen molar-refractivity contribution in [3.8, 4) is 23.0 Å². The van der Waals surface area contributed by atoms with Gasteiger partial charge in [-0.05, 0) is 29.8 Å². The number of ether oxygens (including phenoxy) is 1. The lowest BCUT2D eigenvalue weighted by molar-refractivity contribution is 0.216. The molecule has 1 atom stereocenters. The monoisotopic (exact) mass is 382 g/mol. The van der Waals surface area contributed by atoms with Crippen LogP contribution in [0.1, 0.15) is 17.4 Å². The average molecular weight is 382 g/mol. The van der Waals surface area contributed by atoms with E-state index >= 15 is 0 Å². The maximum atomic E-state index is 10.6. The van der Waals surface area contributed by atoms with Crippen molar-refractivity contribution in [2.75, 3.05) is 0 Å². The summed E-state index contributed by atoms with van der Waals surface area (Å²) in [5.74, 6) is 1.84. The molecule has 29 heavy (non-hydrogen) atoms. The number of aromatic amines is 2. The Morgan fingerprint density at radius 2 is 1.83 bits per heavy atom. The summed E-state index contributed by atoms with van der Waals surface area (Å²) in [6.45, 7) is 0. The molecule has 6 nitrogen and oxygen atoms in total. The molecule has 0 bridgehead atoms. The zero-order valence-corrected chi connectivity index (χ0v) is 15.4. The molecule has 2 aromatic carbocycles. The highest BCUT2D eigenvalue weighted by Crippen LogP contribution is 2.28. The van der Waals surface area contributed by atoms with Gasteiger partial charge in [0.2, 0.25) is 5.88 Å². The Bertz CT molecular complexity index is 1260. The van der Waals surface area contributed by atoms with Gasteiger partial charge in [-0.25, -0.2) is 9.97 Å². The van der Waals surface area contributed by atoms with E-state index < -0.39 is 6.10 Å². The Morgan fingerprint density at radius 3 is 2.72 bits per heavy atom. The number of hydrogen-bond donors (Lipinski definition) is 3. The van der Waals surface area contributed by atoms with Crippen LogP contribution in [0.4, 0.5) is 0 Å². The van der Waals surface area contributed by atoms with Crippen LogP contribution in [0.15, 0.2) is 85.2 Å². The molecule has 0 fully saturated rings. The minimum Gasteiger partial charge on any atom is -0.439 e. The van der Waals surface area contributed by atoms with Crippen molar-refractivity contribution in [3.05, 3.63) is 96.4 Å². The number of H-pyrrole nitrogens is 2. The standard InChI is InChI=1S/C23H18N4O2/c28-22(15-5-2-1-3-6-15)20-14-25-23(27-20)16-7-4-8-17(13-16)29-21-10-9-18-19(26-21)11-12-24-18/h1-14,22,24,28H,(H,25,27). The molecular weight excluding hydrogens is 364 g/mol. The molecule has 5 aromatic rings. The first-order valence-corrected chi connectivity index (χ1v) is 9.26. The third kappa shape index (κ3) is 3.49. The molecule has 5 rings (SSSR count). The molecule has 142 valence electrons. The van der Waals surface area contributed by atoms with Gasteiger partial charge in [-0.15, -0.1) is 0 Å². The third-order valence-electron chi connectivity index (χ3n) is 4.71. The fourth-order valence-corrected chi connectivity index (χ4v) is 3.24. The van der Waals surface area contributed by atoms with E-state index in [1.807, 2.05) is 79.0 Å². The quantitative estimate of drug-likeness (QED) is 0.406. The van der Waals surface area contributed by atoms with E-state index in [1.54, 1.807) is 6.20 Å². The minimum absolute atomic E-state index is 0.522. The molecule has 0 saturated heterocycles. The number of nitrogens with one attached hydrogen (secondary N) is 2. The molecule has 1 unspecified atom stereocenters. The van der Waals surface area contributed by atoms with Crippen LogP contribution in [0, 0.1) is 0 Å². The van der Waals surface area contributed by atoms with E-state index in [4.69, 9.17) is 4.74 Å². The van der Waals surface area contributed by atoms with Crippen LogP contribution >= 0.6 is 0 Å². The van der Waals surface area contributed by atoms with E-state index in [1.165, 1.54) is 0 Å². The number of aromatic nitrogens is 4. The first-order valence-electron chi connectivity index (χ1n) is 9.26. The molecule has 6 heteroatoms. The summed E-state index contributed by atoms with van der Waals surface area (Å²) >= 11 is 0. The van der Waals surface area contributed by atoms with Gasteiger partial charge in [0, 0.05) is 17.8 Å². The third-order valence-corrected chi connectivity index (χ3v) is 4.71. The predicted octanol–water partition coefficient (Wildman–Crippen LogP) is 4.83. The van der Waals surface area contributed by atoms with Crippen molar-refractivity contribution in [3.63, 3.8) is 0 Å². The van der Waals surface area contributed by atoms with Gasteiger partial charge in [-0.3, -0.25) is 0 Å². The van der Waals surface area contributed by atoms with E-state index in [0.29, 0.717) is 23.1 Å². The van der Waals surface area contributed by atoms with E-state index in [-0.39, 0.29) is 0 Å². The summed E-state index contributed by atoms with van der Waals surface area (Å²) in [5, 5.41) is 10.6. The summed E-state index contributed by atoms with van der Waals surface area (Å²) in [5.41, 5.74) is 4.12. The lowest BCUT2D eigenvalue weighted by Gasteiger charge is -2.08. The second kappa shape index (κ2) is 7.26. The van der Waals surface area contributed by atoms with Crippen molar-refractivity contribution >= 4 is 11.0 Å². The zero-order chi connectivity index (χ0) is 19.6. The summed E-state index contributed by atoms with van der Waals surface area (Å²) < 4.78 is 5.93. The lowest BCUT2D eigenvalue weighted by Crippen LogP contribution is -1.99. The second-order valence-electron chi connectivity index (χ2n) is 6.69. The number of fused-ring (bicyclic) bond motifs is 1. The summed E-state index contributed by atoms with van der Waals surface area (Å²) in [4.78, 5) is 15.2. The number of nitrogens with zero attached hydrogens (tertiary/aromatic N) is 2. The van der Waals surface area contributed by atoms with Gasteiger partial charge in [0.1, 0.15) is 17.7 Å². The van der Waals surface area contributed by atoms with Crippen LogP contribution in [-0.4, -0.2) is 25.0 Å². The van der Waals surface area contributed by atoms with Crippen LogP contribution in [-0.2, 0) is 0 Å².